The van der Waals surface area contributed by atoms with E-state index in [0.29, 0.717) is 6.42 Å². The van der Waals surface area contributed by atoms with E-state index in [1.165, 1.54) is 7.11 Å². The fourth-order valence-electron chi connectivity index (χ4n) is 3.16. The minimum Gasteiger partial charge on any atom is -0.452 e. The maximum absolute atomic E-state index is 12.1. The number of ketones is 1. The summed E-state index contributed by atoms with van der Waals surface area (Å²) in [5.41, 5.74) is 1.80. The van der Waals surface area contributed by atoms with E-state index in [0.717, 1.165) is 24.1 Å². The zero-order chi connectivity index (χ0) is 12.7. The number of rotatable bonds is 0. The van der Waals surface area contributed by atoms with Crippen LogP contribution in [0, 0.1) is 0 Å². The third-order valence-electron chi connectivity index (χ3n) is 3.89. The highest BCUT2D eigenvalue weighted by atomic mass is 16.5. The number of para-hydroxylation sites is 1. The number of anilines is 1. The number of carbonyl (C=O) groups is 2. The van der Waals surface area contributed by atoms with Crippen LogP contribution in [0.1, 0.15) is 30.7 Å². The minimum atomic E-state index is -0.371. The number of carbonyl (C=O) groups excluding carboxylic acids is 2. The van der Waals surface area contributed by atoms with E-state index in [4.69, 9.17) is 4.74 Å². The molecule has 0 spiro atoms. The number of amides is 1. The van der Waals surface area contributed by atoms with Gasteiger partial charge in [-0.05, 0) is 24.5 Å². The molecule has 3 rings (SSSR count). The number of ether oxygens (including phenoxy) is 1. The summed E-state index contributed by atoms with van der Waals surface area (Å²) in [5, 5.41) is 0. The van der Waals surface area contributed by atoms with Crippen LogP contribution in [0.4, 0.5) is 10.5 Å². The highest BCUT2D eigenvalue weighted by Crippen LogP contribution is 2.46. The summed E-state index contributed by atoms with van der Waals surface area (Å²) in [5.74, 6) is 0.0825. The molecular weight excluding hydrogens is 230 g/mol. The maximum Gasteiger partial charge on any atom is 0.414 e. The number of benzene rings is 1. The maximum atomic E-state index is 12.1. The van der Waals surface area contributed by atoms with E-state index >= 15 is 0 Å². The van der Waals surface area contributed by atoms with Crippen LogP contribution in [0.15, 0.2) is 24.3 Å². The van der Waals surface area contributed by atoms with Crippen molar-refractivity contribution in [3.63, 3.8) is 0 Å². The highest BCUT2D eigenvalue weighted by molar-refractivity contribution is 5.99. The van der Waals surface area contributed by atoms with Gasteiger partial charge in [0.15, 0.2) is 0 Å². The predicted octanol–water partition coefficient (Wildman–Crippen LogP) is 2.48. The van der Waals surface area contributed by atoms with Gasteiger partial charge in [-0.25, -0.2) is 4.79 Å². The number of hydrogen-bond acceptors (Lipinski definition) is 3. The predicted molar refractivity (Wildman–Crippen MR) is 66.7 cm³/mol. The van der Waals surface area contributed by atoms with E-state index in [9.17, 15) is 9.59 Å². The molecule has 1 aromatic rings. The standard InChI is InChI=1S/C14H15NO3/c1-18-14(17)15-10-6-3-2-5-9(10)13-11(15)7-4-8-12(13)16/h2-3,5-6,11,13H,4,7-8H2,1H3/t11-,13-/m0/s1. The smallest absolute Gasteiger partial charge is 0.414 e. The molecule has 1 saturated carbocycles. The molecule has 0 aromatic heterocycles. The summed E-state index contributed by atoms with van der Waals surface area (Å²) in [6.07, 6.45) is 1.95. The minimum absolute atomic E-state index is 0.0592. The first kappa shape index (κ1) is 11.3. The Bertz CT molecular complexity index is 512. The Morgan fingerprint density at radius 1 is 1.39 bits per heavy atom. The van der Waals surface area contributed by atoms with Crippen LogP contribution < -0.4 is 4.90 Å². The molecule has 18 heavy (non-hydrogen) atoms. The van der Waals surface area contributed by atoms with Crippen LogP contribution in [0.3, 0.4) is 0 Å². The second-order valence-corrected chi connectivity index (χ2v) is 4.80. The van der Waals surface area contributed by atoms with Crippen molar-refractivity contribution in [2.75, 3.05) is 12.0 Å². The van der Waals surface area contributed by atoms with E-state index in [1.54, 1.807) is 4.90 Å². The van der Waals surface area contributed by atoms with Crippen LogP contribution in [-0.4, -0.2) is 25.0 Å². The number of nitrogens with zero attached hydrogens (tertiary/aromatic N) is 1. The Labute approximate surface area is 106 Å². The fourth-order valence-corrected chi connectivity index (χ4v) is 3.16. The van der Waals surface area contributed by atoms with Crippen LogP contribution in [0.2, 0.25) is 0 Å². The fraction of sp³-hybridized carbons (Fsp3) is 0.429. The van der Waals surface area contributed by atoms with Crippen molar-refractivity contribution in [1.29, 1.82) is 0 Å². The summed E-state index contributed by atoms with van der Waals surface area (Å²) in [4.78, 5) is 25.7. The first-order valence-corrected chi connectivity index (χ1v) is 6.23. The van der Waals surface area contributed by atoms with Crippen LogP contribution in [-0.2, 0) is 9.53 Å². The highest BCUT2D eigenvalue weighted by Gasteiger charge is 2.46. The SMILES string of the molecule is COC(=O)N1c2ccccc2[C@@H]2C(=O)CCC[C@@H]21. The van der Waals surface area contributed by atoms with Gasteiger partial charge in [-0.3, -0.25) is 9.69 Å². The van der Waals surface area contributed by atoms with Gasteiger partial charge < -0.3 is 4.74 Å². The molecule has 2 aliphatic rings. The molecule has 1 amide bonds. The van der Waals surface area contributed by atoms with E-state index in [1.807, 2.05) is 24.3 Å². The quantitative estimate of drug-likeness (QED) is 0.705. The van der Waals surface area contributed by atoms with Crippen LogP contribution in [0.5, 0.6) is 0 Å². The van der Waals surface area contributed by atoms with Gasteiger partial charge >= 0.3 is 6.09 Å². The molecule has 0 radical (unpaired) electrons. The number of Topliss-reactive ketones (excluding diaryl/α,β-unsaturated/α-hetero) is 1. The third-order valence-corrected chi connectivity index (χ3v) is 3.89. The average molecular weight is 245 g/mol. The van der Waals surface area contributed by atoms with Gasteiger partial charge in [-0.2, -0.15) is 0 Å². The third kappa shape index (κ3) is 1.45. The average Bonchev–Trinajstić information content (AvgIpc) is 2.73. The molecule has 1 heterocycles. The van der Waals surface area contributed by atoms with Crippen molar-refractivity contribution < 1.29 is 14.3 Å². The Balaban J connectivity index is 2.11. The van der Waals surface area contributed by atoms with E-state index in [-0.39, 0.29) is 23.8 Å². The van der Waals surface area contributed by atoms with Gasteiger partial charge in [-0.1, -0.05) is 18.2 Å². The summed E-state index contributed by atoms with van der Waals surface area (Å²) in [6.45, 7) is 0. The summed E-state index contributed by atoms with van der Waals surface area (Å²) < 4.78 is 4.85. The summed E-state index contributed by atoms with van der Waals surface area (Å²) in [7, 11) is 1.38. The van der Waals surface area contributed by atoms with Crippen molar-refractivity contribution in [3.8, 4) is 0 Å². The largest absolute Gasteiger partial charge is 0.452 e. The van der Waals surface area contributed by atoms with Crippen LogP contribution in [0.25, 0.3) is 0 Å². The molecule has 0 saturated heterocycles. The molecule has 1 aromatic carbocycles. The molecule has 2 atom stereocenters. The summed E-state index contributed by atoms with van der Waals surface area (Å²) in [6, 6.07) is 7.57. The van der Waals surface area contributed by atoms with Gasteiger partial charge in [0.05, 0.1) is 24.8 Å². The topological polar surface area (TPSA) is 46.6 Å². The van der Waals surface area contributed by atoms with Crippen molar-refractivity contribution in [3.05, 3.63) is 29.8 Å². The van der Waals surface area contributed by atoms with Crippen molar-refractivity contribution in [1.82, 2.24) is 0 Å². The molecule has 94 valence electrons. The van der Waals surface area contributed by atoms with Gasteiger partial charge in [0.2, 0.25) is 0 Å². The zero-order valence-electron chi connectivity index (χ0n) is 10.3. The van der Waals surface area contributed by atoms with E-state index < -0.39 is 0 Å². The second kappa shape index (κ2) is 4.12. The van der Waals surface area contributed by atoms with Gasteiger partial charge in [0.1, 0.15) is 5.78 Å². The van der Waals surface area contributed by atoms with Crippen molar-refractivity contribution >= 4 is 17.6 Å². The number of methoxy groups -OCH3 is 1. The monoisotopic (exact) mass is 245 g/mol. The first-order valence-electron chi connectivity index (χ1n) is 6.23. The zero-order valence-corrected chi connectivity index (χ0v) is 10.3. The van der Waals surface area contributed by atoms with Crippen LogP contribution >= 0.6 is 0 Å². The Kier molecular flexibility index (Phi) is 2.58. The molecule has 0 unspecified atom stereocenters. The van der Waals surface area contributed by atoms with Gasteiger partial charge in [-0.15, -0.1) is 0 Å². The summed E-state index contributed by atoms with van der Waals surface area (Å²) >= 11 is 0. The van der Waals surface area contributed by atoms with Gasteiger partial charge in [0, 0.05) is 6.42 Å². The number of hydrogen-bond donors (Lipinski definition) is 0. The Morgan fingerprint density at radius 3 is 2.94 bits per heavy atom. The Hall–Kier alpha value is -1.84. The lowest BCUT2D eigenvalue weighted by atomic mass is 9.81. The number of fused-ring (bicyclic) bond motifs is 3. The van der Waals surface area contributed by atoms with E-state index in [2.05, 4.69) is 0 Å². The normalized spacial score (nSPS) is 25.6. The molecular formula is C14H15NO3. The second-order valence-electron chi connectivity index (χ2n) is 4.80. The molecule has 4 nitrogen and oxygen atoms in total. The van der Waals surface area contributed by atoms with Crippen molar-refractivity contribution in [2.24, 2.45) is 0 Å². The lowest BCUT2D eigenvalue weighted by Crippen LogP contribution is -2.42. The lowest BCUT2D eigenvalue weighted by molar-refractivity contribution is -0.122. The van der Waals surface area contributed by atoms with Gasteiger partial charge in [0.25, 0.3) is 0 Å². The molecule has 0 N–H and O–H groups in total. The molecule has 4 heteroatoms. The van der Waals surface area contributed by atoms with Crippen molar-refractivity contribution in [2.45, 2.75) is 31.2 Å². The first-order chi connectivity index (χ1) is 8.74. The Morgan fingerprint density at radius 2 is 2.17 bits per heavy atom. The lowest BCUT2D eigenvalue weighted by Gasteiger charge is -2.30. The molecule has 1 aliphatic heterocycles. The molecule has 1 fully saturated rings. The molecule has 1 aliphatic carbocycles. The molecule has 0 bridgehead atoms.